The average molecular weight is 594 g/mol. The molecule has 220 valence electrons. The zero-order valence-electron chi connectivity index (χ0n) is 22.2. The molecule has 9 nitrogen and oxygen atoms in total. The second kappa shape index (κ2) is 10.3. The maximum atomic E-state index is 14.0. The number of hydrogen-bond acceptors (Lipinski definition) is 4. The van der Waals surface area contributed by atoms with E-state index < -0.39 is 53.0 Å². The van der Waals surface area contributed by atoms with E-state index in [0.717, 1.165) is 12.1 Å². The van der Waals surface area contributed by atoms with Crippen molar-refractivity contribution in [2.45, 2.75) is 36.5 Å². The molecule has 0 spiro atoms. The molecule has 6 rings (SSSR count). The lowest BCUT2D eigenvalue weighted by molar-refractivity contribution is -0.137. The molecule has 13 heteroatoms. The summed E-state index contributed by atoms with van der Waals surface area (Å²) in [5.41, 5.74) is -0.805. The Hall–Kier alpha value is -5.20. The largest absolute Gasteiger partial charge is 0.465 e. The van der Waals surface area contributed by atoms with Gasteiger partial charge in [-0.3, -0.25) is 9.59 Å². The van der Waals surface area contributed by atoms with Crippen LogP contribution < -0.4 is 16.0 Å². The lowest BCUT2D eigenvalue weighted by atomic mass is 9.80. The highest BCUT2D eigenvalue weighted by Gasteiger charge is 2.54. The summed E-state index contributed by atoms with van der Waals surface area (Å²) in [5, 5.41) is 22.2. The first-order valence-electron chi connectivity index (χ1n) is 13.2. The Kier molecular flexibility index (Phi) is 6.67. The number of para-hydroxylation sites is 1. The van der Waals surface area contributed by atoms with Crippen LogP contribution in [0.3, 0.4) is 0 Å². The van der Waals surface area contributed by atoms with Gasteiger partial charge in [0.25, 0.3) is 5.91 Å². The van der Waals surface area contributed by atoms with Crippen molar-refractivity contribution in [3.8, 4) is 5.69 Å². The SMILES string of the molecule is O=C(O)NC1(c2nn(-c3ccccc3)c3c2[C@@H](c2ccc(F)cc2)[C@H](NC(=O)c2cccc(C(F)(F)F)c2)C(=O)N3)CC1. The van der Waals surface area contributed by atoms with E-state index >= 15 is 0 Å². The molecule has 2 atom stereocenters. The first-order valence-corrected chi connectivity index (χ1v) is 13.2. The van der Waals surface area contributed by atoms with E-state index in [0.29, 0.717) is 41.4 Å². The van der Waals surface area contributed by atoms with Crippen molar-refractivity contribution in [1.82, 2.24) is 20.4 Å². The Morgan fingerprint density at radius 1 is 1.00 bits per heavy atom. The number of benzene rings is 3. The molecule has 4 aromatic rings. The number of fused-ring (bicyclic) bond motifs is 1. The summed E-state index contributed by atoms with van der Waals surface area (Å²) in [5.74, 6) is -2.98. The molecule has 1 saturated carbocycles. The smallest absolute Gasteiger partial charge is 0.416 e. The van der Waals surface area contributed by atoms with Crippen LogP contribution in [0.5, 0.6) is 0 Å². The normalized spacial score (nSPS) is 18.7. The van der Waals surface area contributed by atoms with Crippen molar-refractivity contribution in [3.05, 3.63) is 113 Å². The van der Waals surface area contributed by atoms with Gasteiger partial charge >= 0.3 is 12.3 Å². The van der Waals surface area contributed by atoms with Crippen molar-refractivity contribution in [2.75, 3.05) is 5.32 Å². The Bertz CT molecular complexity index is 1730. The van der Waals surface area contributed by atoms with Crippen molar-refractivity contribution in [2.24, 2.45) is 0 Å². The van der Waals surface area contributed by atoms with Gasteiger partial charge in [-0.1, -0.05) is 36.4 Å². The van der Waals surface area contributed by atoms with E-state index in [9.17, 15) is 37.1 Å². The van der Waals surface area contributed by atoms with Gasteiger partial charge in [0.15, 0.2) is 0 Å². The first-order chi connectivity index (χ1) is 20.5. The summed E-state index contributed by atoms with van der Waals surface area (Å²) in [4.78, 5) is 38.8. The molecule has 1 aromatic heterocycles. The van der Waals surface area contributed by atoms with E-state index in [4.69, 9.17) is 5.10 Å². The summed E-state index contributed by atoms with van der Waals surface area (Å²) in [6, 6.07) is 16.4. The van der Waals surface area contributed by atoms with Gasteiger partial charge in [-0.15, -0.1) is 0 Å². The predicted octanol–water partition coefficient (Wildman–Crippen LogP) is 5.17. The molecule has 0 saturated heterocycles. The van der Waals surface area contributed by atoms with Crippen LogP contribution in [-0.4, -0.2) is 38.8 Å². The minimum Gasteiger partial charge on any atom is -0.465 e. The van der Waals surface area contributed by atoms with Crippen LogP contribution in [0.25, 0.3) is 5.69 Å². The van der Waals surface area contributed by atoms with Gasteiger partial charge in [0.1, 0.15) is 17.7 Å². The second-order valence-electron chi connectivity index (χ2n) is 10.4. The number of carbonyl (C=O) groups excluding carboxylic acids is 2. The van der Waals surface area contributed by atoms with E-state index in [-0.39, 0.29) is 11.4 Å². The van der Waals surface area contributed by atoms with Crippen LogP contribution >= 0.6 is 0 Å². The molecular weight excluding hydrogens is 570 g/mol. The van der Waals surface area contributed by atoms with E-state index in [1.807, 2.05) is 0 Å². The third kappa shape index (κ3) is 5.17. The number of hydrogen-bond donors (Lipinski definition) is 4. The lowest BCUT2D eigenvalue weighted by Crippen LogP contribution is -2.51. The summed E-state index contributed by atoms with van der Waals surface area (Å²) < 4.78 is 55.5. The fourth-order valence-electron chi connectivity index (χ4n) is 5.46. The third-order valence-electron chi connectivity index (χ3n) is 7.61. The predicted molar refractivity (Wildman–Crippen MR) is 145 cm³/mol. The highest BCUT2D eigenvalue weighted by Crippen LogP contribution is 2.52. The number of anilines is 1. The summed E-state index contributed by atoms with van der Waals surface area (Å²) in [6.07, 6.45) is -5.17. The maximum Gasteiger partial charge on any atom is 0.416 e. The van der Waals surface area contributed by atoms with Crippen LogP contribution in [0.4, 0.5) is 28.2 Å². The van der Waals surface area contributed by atoms with Gasteiger partial charge in [0, 0.05) is 17.0 Å². The molecular formula is C30H23F4N5O4. The van der Waals surface area contributed by atoms with Gasteiger partial charge in [-0.25, -0.2) is 13.9 Å². The number of amides is 3. The number of alkyl halides is 3. The Balaban J connectivity index is 1.51. The molecule has 3 aromatic carbocycles. The number of carbonyl (C=O) groups is 3. The molecule has 0 radical (unpaired) electrons. The number of nitrogens with zero attached hydrogens (tertiary/aromatic N) is 2. The van der Waals surface area contributed by atoms with E-state index in [1.54, 1.807) is 30.3 Å². The molecule has 2 aliphatic rings. The molecule has 2 heterocycles. The Labute approximate surface area is 241 Å². The molecule has 0 bridgehead atoms. The molecule has 3 amide bonds. The zero-order valence-corrected chi connectivity index (χ0v) is 22.2. The standard InChI is InChI=1S/C30H23F4N5O4/c31-19-11-9-16(10-12-19)21-22-24(29(13-14-29)37-28(42)43)38-39(20-7-2-1-3-8-20)25(22)36-27(41)23(21)35-26(40)17-5-4-6-18(15-17)30(32,33)34/h1-12,15,21,23,37H,13-14H2,(H,35,40)(H,36,41)(H,42,43)/t21-,23+/m1/s1. The molecule has 4 N–H and O–H groups in total. The molecule has 1 aliphatic carbocycles. The minimum absolute atomic E-state index is 0.226. The van der Waals surface area contributed by atoms with Crippen LogP contribution in [0.15, 0.2) is 78.9 Å². The van der Waals surface area contributed by atoms with Crippen molar-refractivity contribution in [3.63, 3.8) is 0 Å². The fourth-order valence-corrected chi connectivity index (χ4v) is 5.46. The maximum absolute atomic E-state index is 14.0. The highest BCUT2D eigenvalue weighted by atomic mass is 19.4. The van der Waals surface area contributed by atoms with Crippen molar-refractivity contribution < 1.29 is 37.1 Å². The molecule has 1 aliphatic heterocycles. The van der Waals surface area contributed by atoms with Crippen LogP contribution in [0.1, 0.15) is 51.5 Å². The molecule has 1 fully saturated rings. The van der Waals surface area contributed by atoms with Gasteiger partial charge in [0.05, 0.1) is 22.5 Å². The number of halogens is 4. The van der Waals surface area contributed by atoms with E-state index in [2.05, 4.69) is 16.0 Å². The summed E-state index contributed by atoms with van der Waals surface area (Å²) >= 11 is 0. The zero-order chi connectivity index (χ0) is 30.5. The number of rotatable bonds is 6. The number of aromatic nitrogens is 2. The molecule has 0 unspecified atom stereocenters. The number of nitrogens with one attached hydrogen (secondary N) is 3. The fraction of sp³-hybridized carbons (Fsp3) is 0.200. The van der Waals surface area contributed by atoms with Gasteiger partial charge in [-0.05, 0) is 60.9 Å². The quantitative estimate of drug-likeness (QED) is 0.230. The monoisotopic (exact) mass is 593 g/mol. The van der Waals surface area contributed by atoms with E-state index in [1.165, 1.54) is 35.0 Å². The molecule has 43 heavy (non-hydrogen) atoms. The van der Waals surface area contributed by atoms with Gasteiger partial charge < -0.3 is 21.1 Å². The first kappa shape index (κ1) is 27.9. The summed E-state index contributed by atoms with van der Waals surface area (Å²) in [6.45, 7) is 0. The van der Waals surface area contributed by atoms with Crippen LogP contribution in [-0.2, 0) is 16.5 Å². The highest BCUT2D eigenvalue weighted by molar-refractivity contribution is 6.04. The topological polar surface area (TPSA) is 125 Å². The second-order valence-corrected chi connectivity index (χ2v) is 10.4. The van der Waals surface area contributed by atoms with Gasteiger partial charge in [0.2, 0.25) is 5.91 Å². The number of carboxylic acid groups (broad SMARTS) is 1. The third-order valence-corrected chi connectivity index (χ3v) is 7.61. The lowest BCUT2D eigenvalue weighted by Gasteiger charge is -2.33. The Morgan fingerprint density at radius 2 is 1.70 bits per heavy atom. The van der Waals surface area contributed by atoms with Crippen LogP contribution in [0.2, 0.25) is 0 Å². The van der Waals surface area contributed by atoms with Crippen molar-refractivity contribution >= 4 is 23.7 Å². The average Bonchev–Trinajstić information content (AvgIpc) is 3.64. The summed E-state index contributed by atoms with van der Waals surface area (Å²) in [7, 11) is 0. The Morgan fingerprint density at radius 3 is 2.33 bits per heavy atom. The van der Waals surface area contributed by atoms with Crippen molar-refractivity contribution in [1.29, 1.82) is 0 Å². The van der Waals surface area contributed by atoms with Crippen LogP contribution in [0, 0.1) is 5.82 Å². The van der Waals surface area contributed by atoms with Gasteiger partial charge in [-0.2, -0.15) is 18.3 Å². The minimum atomic E-state index is -4.69.